The Labute approximate surface area is 107 Å². The maximum atomic E-state index is 13.6. The van der Waals surface area contributed by atoms with Gasteiger partial charge in [-0.05, 0) is 6.92 Å². The molecule has 1 aromatic heterocycles. The highest BCUT2D eigenvalue weighted by Gasteiger charge is 2.27. The molecule has 1 aliphatic rings. The molecular weight excluding hydrogens is 294 g/mol. The Morgan fingerprint density at radius 1 is 1.53 bits per heavy atom. The van der Waals surface area contributed by atoms with E-state index in [-0.39, 0.29) is 18.0 Å². The molecule has 0 bridgehead atoms. The molecular formula is C11H13BrF2N2O. The van der Waals surface area contributed by atoms with E-state index in [9.17, 15) is 8.78 Å². The van der Waals surface area contributed by atoms with Crippen LogP contribution >= 0.6 is 15.9 Å². The van der Waals surface area contributed by atoms with E-state index < -0.39 is 11.6 Å². The van der Waals surface area contributed by atoms with Crippen molar-refractivity contribution in [2.75, 3.05) is 23.3 Å². The second-order valence-corrected chi connectivity index (χ2v) is 4.73. The van der Waals surface area contributed by atoms with Gasteiger partial charge in [-0.1, -0.05) is 15.9 Å². The van der Waals surface area contributed by atoms with Gasteiger partial charge in [0.15, 0.2) is 11.6 Å². The van der Waals surface area contributed by atoms with Crippen LogP contribution in [-0.2, 0) is 4.74 Å². The van der Waals surface area contributed by atoms with E-state index in [1.165, 1.54) is 0 Å². The van der Waals surface area contributed by atoms with Crippen molar-refractivity contribution in [3.05, 3.63) is 23.9 Å². The summed E-state index contributed by atoms with van der Waals surface area (Å²) in [6.45, 7) is 3.02. The number of nitrogens with zero attached hydrogens (tertiary/aromatic N) is 2. The Kier molecular flexibility index (Phi) is 3.93. The Bertz CT molecular complexity index is 405. The first-order valence-electron chi connectivity index (χ1n) is 5.37. The van der Waals surface area contributed by atoms with Gasteiger partial charge in [0.2, 0.25) is 0 Å². The maximum Gasteiger partial charge on any atom is 0.168 e. The van der Waals surface area contributed by atoms with Crippen LogP contribution in [0.5, 0.6) is 0 Å². The Morgan fingerprint density at radius 2 is 2.29 bits per heavy atom. The lowest BCUT2D eigenvalue weighted by molar-refractivity contribution is -0.00243. The number of hydrogen-bond donors (Lipinski definition) is 0. The molecule has 2 unspecified atom stereocenters. The van der Waals surface area contributed by atoms with Crippen LogP contribution in [0.1, 0.15) is 6.92 Å². The van der Waals surface area contributed by atoms with Gasteiger partial charge >= 0.3 is 0 Å². The van der Waals surface area contributed by atoms with Gasteiger partial charge in [-0.3, -0.25) is 0 Å². The molecule has 0 N–H and O–H groups in total. The lowest BCUT2D eigenvalue weighted by atomic mass is 10.2. The predicted octanol–water partition coefficient (Wildman–Crippen LogP) is 2.35. The first-order chi connectivity index (χ1) is 8.10. The molecule has 1 fully saturated rings. The molecule has 2 heterocycles. The van der Waals surface area contributed by atoms with Crippen LogP contribution in [0.25, 0.3) is 0 Å². The largest absolute Gasteiger partial charge is 0.371 e. The van der Waals surface area contributed by atoms with Crippen molar-refractivity contribution >= 4 is 21.7 Å². The lowest BCUT2D eigenvalue weighted by Gasteiger charge is -2.36. The zero-order chi connectivity index (χ0) is 12.4. The zero-order valence-corrected chi connectivity index (χ0v) is 11.0. The fourth-order valence-electron chi connectivity index (χ4n) is 1.94. The first-order valence-corrected chi connectivity index (χ1v) is 6.49. The Hall–Kier alpha value is -0.750. The number of rotatable bonds is 2. The Balaban J connectivity index is 2.20. The number of aromatic nitrogens is 1. The van der Waals surface area contributed by atoms with Gasteiger partial charge in [0, 0.05) is 24.5 Å². The van der Waals surface area contributed by atoms with Gasteiger partial charge in [-0.15, -0.1) is 0 Å². The van der Waals surface area contributed by atoms with E-state index in [4.69, 9.17) is 4.74 Å². The molecule has 2 rings (SSSR count). The molecule has 0 aliphatic carbocycles. The third-order valence-electron chi connectivity index (χ3n) is 2.59. The number of ether oxygens (including phenoxy) is 1. The summed E-state index contributed by atoms with van der Waals surface area (Å²) in [5.74, 6) is -1.11. The maximum absolute atomic E-state index is 13.6. The van der Waals surface area contributed by atoms with Crippen molar-refractivity contribution < 1.29 is 13.5 Å². The van der Waals surface area contributed by atoms with Crippen LogP contribution in [0, 0.1) is 11.6 Å². The van der Waals surface area contributed by atoms with Crippen LogP contribution in [0.2, 0.25) is 0 Å². The first kappa shape index (κ1) is 12.7. The fraction of sp³-hybridized carbons (Fsp3) is 0.545. The molecule has 6 heteroatoms. The summed E-state index contributed by atoms with van der Waals surface area (Å²) in [5, 5.41) is 0.677. The number of pyridine rings is 1. The summed E-state index contributed by atoms with van der Waals surface area (Å²) < 4.78 is 32.0. The van der Waals surface area contributed by atoms with E-state index in [0.29, 0.717) is 18.4 Å². The monoisotopic (exact) mass is 306 g/mol. The van der Waals surface area contributed by atoms with Gasteiger partial charge in [0.25, 0.3) is 0 Å². The van der Waals surface area contributed by atoms with Crippen LogP contribution in [-0.4, -0.2) is 35.6 Å². The molecule has 0 aromatic carbocycles. The molecule has 94 valence electrons. The van der Waals surface area contributed by atoms with E-state index in [1.54, 1.807) is 4.90 Å². The molecule has 3 nitrogen and oxygen atoms in total. The van der Waals surface area contributed by atoms with Crippen molar-refractivity contribution in [3.8, 4) is 0 Å². The topological polar surface area (TPSA) is 25.4 Å². The minimum atomic E-state index is -0.662. The van der Waals surface area contributed by atoms with Gasteiger partial charge in [0.05, 0.1) is 18.4 Å². The predicted molar refractivity (Wildman–Crippen MR) is 64.5 cm³/mol. The summed E-state index contributed by atoms with van der Waals surface area (Å²) in [5.41, 5.74) is 0. The molecule has 2 atom stereocenters. The summed E-state index contributed by atoms with van der Waals surface area (Å²) >= 11 is 3.34. The second-order valence-electron chi connectivity index (χ2n) is 4.09. The molecule has 1 saturated heterocycles. The van der Waals surface area contributed by atoms with Crippen molar-refractivity contribution in [3.63, 3.8) is 0 Å². The minimum absolute atomic E-state index is 0.00227. The summed E-state index contributed by atoms with van der Waals surface area (Å²) in [6, 6.07) is 0.853. The third kappa shape index (κ3) is 2.93. The number of morpholine rings is 1. The average Bonchev–Trinajstić information content (AvgIpc) is 2.28. The summed E-state index contributed by atoms with van der Waals surface area (Å²) in [7, 11) is 0. The van der Waals surface area contributed by atoms with Crippen LogP contribution in [0.4, 0.5) is 14.6 Å². The molecule has 0 radical (unpaired) electrons. The number of halogens is 3. The standard InChI is InChI=1S/C11H13BrF2N2O/c1-7-5-16(6-9(3-12)17-7)11-10(14)2-8(13)4-15-11/h2,4,7,9H,3,5-6H2,1H3. The quantitative estimate of drug-likeness (QED) is 0.784. The molecule has 0 saturated carbocycles. The second kappa shape index (κ2) is 5.27. The molecule has 1 aliphatic heterocycles. The van der Waals surface area contributed by atoms with E-state index in [2.05, 4.69) is 20.9 Å². The van der Waals surface area contributed by atoms with Gasteiger partial charge in [-0.2, -0.15) is 0 Å². The van der Waals surface area contributed by atoms with Gasteiger partial charge < -0.3 is 9.64 Å². The highest BCUT2D eigenvalue weighted by molar-refractivity contribution is 9.09. The fourth-order valence-corrected chi connectivity index (χ4v) is 2.30. The number of alkyl halides is 1. The van der Waals surface area contributed by atoms with E-state index >= 15 is 0 Å². The number of hydrogen-bond acceptors (Lipinski definition) is 3. The van der Waals surface area contributed by atoms with E-state index in [0.717, 1.165) is 12.3 Å². The highest BCUT2D eigenvalue weighted by Crippen LogP contribution is 2.22. The number of anilines is 1. The van der Waals surface area contributed by atoms with E-state index in [1.807, 2.05) is 6.92 Å². The van der Waals surface area contributed by atoms with Crippen LogP contribution in [0.3, 0.4) is 0 Å². The van der Waals surface area contributed by atoms with Crippen molar-refractivity contribution in [2.45, 2.75) is 19.1 Å². The summed E-state index contributed by atoms with van der Waals surface area (Å²) in [4.78, 5) is 5.60. The smallest absolute Gasteiger partial charge is 0.168 e. The molecule has 0 spiro atoms. The van der Waals surface area contributed by atoms with Crippen LogP contribution < -0.4 is 4.90 Å². The molecule has 17 heavy (non-hydrogen) atoms. The zero-order valence-electron chi connectivity index (χ0n) is 9.37. The van der Waals surface area contributed by atoms with Crippen molar-refractivity contribution in [1.29, 1.82) is 0 Å². The normalized spacial score (nSPS) is 25.1. The average molecular weight is 307 g/mol. The highest BCUT2D eigenvalue weighted by atomic mass is 79.9. The summed E-state index contributed by atoms with van der Waals surface area (Å²) in [6.07, 6.45) is 1.02. The molecule has 0 amide bonds. The van der Waals surface area contributed by atoms with Gasteiger partial charge in [-0.25, -0.2) is 13.8 Å². The van der Waals surface area contributed by atoms with Crippen molar-refractivity contribution in [2.24, 2.45) is 0 Å². The van der Waals surface area contributed by atoms with Gasteiger partial charge in [0.1, 0.15) is 5.82 Å². The lowest BCUT2D eigenvalue weighted by Crippen LogP contribution is -2.48. The minimum Gasteiger partial charge on any atom is -0.371 e. The molecule has 1 aromatic rings. The van der Waals surface area contributed by atoms with Crippen molar-refractivity contribution in [1.82, 2.24) is 4.98 Å². The third-order valence-corrected chi connectivity index (χ3v) is 3.31. The Morgan fingerprint density at radius 3 is 2.94 bits per heavy atom. The van der Waals surface area contributed by atoms with Crippen LogP contribution in [0.15, 0.2) is 12.3 Å². The SMILES string of the molecule is CC1CN(c2ncc(F)cc2F)CC(CBr)O1.